The summed E-state index contributed by atoms with van der Waals surface area (Å²) >= 11 is 0. The van der Waals surface area contributed by atoms with E-state index in [0.717, 1.165) is 0 Å². The van der Waals surface area contributed by atoms with Gasteiger partial charge in [-0.25, -0.2) is 0 Å². The van der Waals surface area contributed by atoms with Crippen LogP contribution in [0, 0.1) is 41.9 Å². The molecule has 0 atom stereocenters. The first-order chi connectivity index (χ1) is 1.73. The summed E-state index contributed by atoms with van der Waals surface area (Å²) in [5.41, 5.74) is 0. The predicted octanol–water partition coefficient (Wildman–Crippen LogP) is -2.94. The maximum absolute atomic E-state index is 8.52. The molecule has 0 heterocycles. The molecule has 3 nitrogen and oxygen atoms in total. The SMILES string of the molecule is [O-][Cl+2]([O-])O.[U]. The van der Waals surface area contributed by atoms with Gasteiger partial charge in [-0.2, -0.15) is 0 Å². The molecule has 0 aromatic rings. The summed E-state index contributed by atoms with van der Waals surface area (Å²) in [7, 11) is -2.60. The molecule has 0 radical (unpaired) electrons. The molecular formula is HClO3U. The fourth-order valence-electron chi connectivity index (χ4n) is 0. The van der Waals surface area contributed by atoms with Gasteiger partial charge in [0, 0.05) is 35.8 Å². The van der Waals surface area contributed by atoms with Crippen molar-refractivity contribution in [2.75, 3.05) is 0 Å². The Labute approximate surface area is 55.8 Å². The van der Waals surface area contributed by atoms with Gasteiger partial charge in [0.2, 0.25) is 0 Å². The third kappa shape index (κ3) is 36.3. The van der Waals surface area contributed by atoms with E-state index in [4.69, 9.17) is 14.0 Å². The van der Waals surface area contributed by atoms with Crippen molar-refractivity contribution in [1.29, 1.82) is 0 Å². The van der Waals surface area contributed by atoms with Crippen molar-refractivity contribution < 1.29 is 55.9 Å². The molecule has 5 heavy (non-hydrogen) atoms. The quantitative estimate of drug-likeness (QED) is 0.519. The van der Waals surface area contributed by atoms with Gasteiger partial charge < -0.3 is 9.32 Å². The second kappa shape index (κ2) is 5.22. The van der Waals surface area contributed by atoms with E-state index in [2.05, 4.69) is 0 Å². The molecular weight excluding hydrogens is 321 g/mol. The van der Waals surface area contributed by atoms with Gasteiger partial charge in [-0.05, 0) is 0 Å². The molecule has 0 saturated carbocycles. The van der Waals surface area contributed by atoms with E-state index in [9.17, 15) is 0 Å². The maximum atomic E-state index is 8.52. The molecule has 0 aliphatic heterocycles. The van der Waals surface area contributed by atoms with Crippen molar-refractivity contribution in [2.45, 2.75) is 0 Å². The molecule has 0 unspecified atom stereocenters. The maximum Gasteiger partial charge on any atom is 0.282 e. The Morgan fingerprint density at radius 1 is 1.40 bits per heavy atom. The fourth-order valence-corrected chi connectivity index (χ4v) is 0. The van der Waals surface area contributed by atoms with Gasteiger partial charge in [-0.3, -0.25) is 0 Å². The Balaban J connectivity index is 0. The molecule has 1 N–H and O–H groups in total. The molecule has 5 heteroatoms. The Hall–Kier alpha value is 1.22. The largest absolute Gasteiger partial charge is 0.321 e. The van der Waals surface area contributed by atoms with Crippen molar-refractivity contribution in [3.8, 4) is 0 Å². The second-order valence-corrected chi connectivity index (χ2v) is 0.603. The molecule has 0 saturated heterocycles. The van der Waals surface area contributed by atoms with Gasteiger partial charge in [-0.15, -0.1) is 0 Å². The first kappa shape index (κ1) is 9.52. The zero-order valence-electron chi connectivity index (χ0n) is 2.14. The normalized spacial score (nSPS) is 7.20. The van der Waals surface area contributed by atoms with Crippen molar-refractivity contribution in [2.24, 2.45) is 0 Å². The van der Waals surface area contributed by atoms with E-state index >= 15 is 0 Å². The van der Waals surface area contributed by atoms with Crippen LogP contribution in [0.5, 0.6) is 0 Å². The van der Waals surface area contributed by atoms with Crippen molar-refractivity contribution in [1.82, 2.24) is 0 Å². The molecule has 0 aromatic carbocycles. The standard InChI is InChI=1S/ClHO3.U/c2-1(3)4;/h2H;. The number of hydrogen-bond donors (Lipinski definition) is 1. The Kier molecular flexibility index (Phi) is 9.94. The molecule has 0 rings (SSSR count). The molecule has 0 aliphatic rings. The molecule has 0 aromatic heterocycles. The Morgan fingerprint density at radius 3 is 1.40 bits per heavy atom. The van der Waals surface area contributed by atoms with Crippen LogP contribution in [0.1, 0.15) is 0 Å². The third-order valence-electron chi connectivity index (χ3n) is 0. The molecule has 30 valence electrons. The van der Waals surface area contributed by atoms with Gasteiger partial charge in [0.15, 0.2) is 0 Å². The minimum Gasteiger partial charge on any atom is -0.321 e. The molecule has 0 fully saturated rings. The summed E-state index contributed by atoms with van der Waals surface area (Å²) in [6.45, 7) is 0. The summed E-state index contributed by atoms with van der Waals surface area (Å²) in [6, 6.07) is 0. The summed E-state index contributed by atoms with van der Waals surface area (Å²) in [5.74, 6) is 0. The monoisotopic (exact) mass is 322 g/mol. The van der Waals surface area contributed by atoms with Crippen molar-refractivity contribution in [3.05, 3.63) is 0 Å². The smallest absolute Gasteiger partial charge is 0.282 e. The Morgan fingerprint density at radius 2 is 1.40 bits per heavy atom. The van der Waals surface area contributed by atoms with Gasteiger partial charge in [0.1, 0.15) is 0 Å². The van der Waals surface area contributed by atoms with Crippen LogP contribution in [0.25, 0.3) is 0 Å². The van der Waals surface area contributed by atoms with Crippen LogP contribution in [0.4, 0.5) is 0 Å². The zero-order valence-corrected chi connectivity index (χ0v) is 7.06. The van der Waals surface area contributed by atoms with E-state index in [-0.39, 0.29) is 31.1 Å². The van der Waals surface area contributed by atoms with E-state index in [0.29, 0.717) is 0 Å². The predicted molar refractivity (Wildman–Crippen MR) is 2.22 cm³/mol. The van der Waals surface area contributed by atoms with Crippen LogP contribution in [0.3, 0.4) is 0 Å². The number of halogens is 1. The molecule has 0 spiro atoms. The topological polar surface area (TPSA) is 66.3 Å². The van der Waals surface area contributed by atoms with Crippen LogP contribution < -0.4 is 9.32 Å². The first-order valence-corrected chi connectivity index (χ1v) is 1.43. The summed E-state index contributed by atoms with van der Waals surface area (Å²) < 4.78 is 24.0. The Bertz CT molecular complexity index is 11.6. The van der Waals surface area contributed by atoms with Crippen LogP contribution in [-0.2, 0) is 0 Å². The minimum atomic E-state index is -2.60. The van der Waals surface area contributed by atoms with Crippen molar-refractivity contribution >= 4 is 0 Å². The van der Waals surface area contributed by atoms with E-state index in [1.54, 1.807) is 0 Å². The number of rotatable bonds is 0. The van der Waals surface area contributed by atoms with Gasteiger partial charge in [0.25, 0.3) is 10.8 Å². The third-order valence-corrected chi connectivity index (χ3v) is 0. The average Bonchev–Trinajstić information content (AvgIpc) is 0.811. The number of hydrogen-bond acceptors (Lipinski definition) is 3. The average molecular weight is 322 g/mol. The van der Waals surface area contributed by atoms with Crippen LogP contribution in [-0.4, -0.2) is 4.66 Å². The van der Waals surface area contributed by atoms with Crippen LogP contribution >= 0.6 is 0 Å². The van der Waals surface area contributed by atoms with Crippen LogP contribution in [0.15, 0.2) is 0 Å². The molecule has 0 amide bonds. The fraction of sp³-hybridized carbons (Fsp3) is 0. The first-order valence-electron chi connectivity index (χ1n) is 0.478. The molecule has 0 aliphatic carbocycles. The van der Waals surface area contributed by atoms with Crippen molar-refractivity contribution in [3.63, 3.8) is 0 Å². The minimum absolute atomic E-state index is 0. The summed E-state index contributed by atoms with van der Waals surface area (Å²) in [4.78, 5) is 0. The summed E-state index contributed by atoms with van der Waals surface area (Å²) in [6.07, 6.45) is 0. The van der Waals surface area contributed by atoms with Crippen LogP contribution in [0.2, 0.25) is 0 Å². The van der Waals surface area contributed by atoms with E-state index in [1.165, 1.54) is 0 Å². The summed E-state index contributed by atoms with van der Waals surface area (Å²) in [5, 5.41) is 0. The van der Waals surface area contributed by atoms with Gasteiger partial charge in [-0.1, -0.05) is 0 Å². The van der Waals surface area contributed by atoms with Gasteiger partial charge in [0.05, 0.1) is 0 Å². The zero-order chi connectivity index (χ0) is 3.58. The van der Waals surface area contributed by atoms with E-state index in [1.807, 2.05) is 0 Å². The second-order valence-electron chi connectivity index (χ2n) is 0.201. The van der Waals surface area contributed by atoms with E-state index < -0.39 is 10.8 Å². The molecule has 0 bridgehead atoms. The van der Waals surface area contributed by atoms with Gasteiger partial charge >= 0.3 is 0 Å².